The van der Waals surface area contributed by atoms with Crippen LogP contribution in [0.2, 0.25) is 0 Å². The number of piperazine rings is 1. The number of aromatic nitrogens is 4. The van der Waals surface area contributed by atoms with E-state index in [1.807, 2.05) is 4.57 Å². The van der Waals surface area contributed by atoms with Gasteiger partial charge in [-0.1, -0.05) is 27.2 Å². The van der Waals surface area contributed by atoms with E-state index in [2.05, 4.69) is 47.9 Å². The summed E-state index contributed by atoms with van der Waals surface area (Å²) in [5, 5.41) is 3.03. The minimum Gasteiger partial charge on any atom is -0.356 e. The number of hydrogen-bond acceptors (Lipinski definition) is 6. The first kappa shape index (κ1) is 27.1. The summed E-state index contributed by atoms with van der Waals surface area (Å²) in [6.07, 6.45) is 4.52. The number of H-pyrrole nitrogens is 1. The Balaban J connectivity index is 1.59. The maximum Gasteiger partial charge on any atom is 0.330 e. The van der Waals surface area contributed by atoms with Gasteiger partial charge < -0.3 is 19.7 Å². The van der Waals surface area contributed by atoms with E-state index in [0.29, 0.717) is 49.5 Å². The number of aryl methyl sites for hydroxylation is 2. The van der Waals surface area contributed by atoms with Gasteiger partial charge in [-0.25, -0.2) is 9.78 Å². The van der Waals surface area contributed by atoms with Gasteiger partial charge in [0, 0.05) is 58.7 Å². The largest absolute Gasteiger partial charge is 0.356 e. The van der Waals surface area contributed by atoms with Gasteiger partial charge in [0.15, 0.2) is 11.2 Å². The highest BCUT2D eigenvalue weighted by atomic mass is 16.2. The highest BCUT2D eigenvalue weighted by Gasteiger charge is 2.20. The third-order valence-corrected chi connectivity index (χ3v) is 6.64. The van der Waals surface area contributed by atoms with E-state index in [1.165, 1.54) is 0 Å². The molecule has 0 spiro atoms. The lowest BCUT2D eigenvalue weighted by Crippen LogP contribution is -2.44. The number of imidazole rings is 1. The minimum atomic E-state index is -0.425. The van der Waals surface area contributed by atoms with E-state index >= 15 is 0 Å². The molecule has 0 aliphatic carbocycles. The molecule has 2 aromatic heterocycles. The quantitative estimate of drug-likeness (QED) is 0.412. The predicted molar refractivity (Wildman–Crippen MR) is 139 cm³/mol. The van der Waals surface area contributed by atoms with Crippen molar-refractivity contribution in [1.29, 1.82) is 0 Å². The summed E-state index contributed by atoms with van der Waals surface area (Å²) in [6.45, 7) is 13.6. The monoisotopic (exact) mass is 489 g/mol. The predicted octanol–water partition coefficient (Wildman–Crippen LogP) is 1.42. The molecule has 0 saturated carbocycles. The molecule has 196 valence electrons. The number of carbonyl (C=O) groups is 1. The molecule has 1 aliphatic rings. The molecule has 1 saturated heterocycles. The Labute approximate surface area is 207 Å². The lowest BCUT2D eigenvalue weighted by Gasteiger charge is -2.32. The molecule has 10 heteroatoms. The summed E-state index contributed by atoms with van der Waals surface area (Å²) in [7, 11) is 2.16. The van der Waals surface area contributed by atoms with Gasteiger partial charge in [0.2, 0.25) is 5.91 Å². The third-order valence-electron chi connectivity index (χ3n) is 6.64. The number of likely N-dealkylation sites (N-methyl/N-ethyl adjacent to an activating group) is 1. The van der Waals surface area contributed by atoms with E-state index < -0.39 is 11.2 Å². The topological polar surface area (TPSA) is 108 Å². The maximum absolute atomic E-state index is 12.7. The van der Waals surface area contributed by atoms with Crippen LogP contribution in [0.15, 0.2) is 9.59 Å². The van der Waals surface area contributed by atoms with Crippen molar-refractivity contribution in [2.24, 2.45) is 5.92 Å². The number of hydrogen-bond donors (Lipinski definition) is 2. The van der Waals surface area contributed by atoms with E-state index in [0.717, 1.165) is 58.4 Å². The zero-order valence-electron chi connectivity index (χ0n) is 21.9. The van der Waals surface area contributed by atoms with Crippen molar-refractivity contribution in [3.8, 4) is 0 Å². The van der Waals surface area contributed by atoms with Crippen molar-refractivity contribution < 1.29 is 4.79 Å². The third kappa shape index (κ3) is 7.51. The molecule has 0 bridgehead atoms. The maximum atomic E-state index is 12.7. The van der Waals surface area contributed by atoms with Crippen molar-refractivity contribution in [3.63, 3.8) is 0 Å². The molecule has 1 fully saturated rings. The van der Waals surface area contributed by atoms with Crippen molar-refractivity contribution in [1.82, 2.24) is 34.2 Å². The van der Waals surface area contributed by atoms with Crippen LogP contribution in [0.4, 0.5) is 0 Å². The molecule has 2 N–H and O–H groups in total. The van der Waals surface area contributed by atoms with E-state index in [4.69, 9.17) is 4.98 Å². The van der Waals surface area contributed by atoms with Crippen LogP contribution in [-0.4, -0.2) is 81.1 Å². The van der Waals surface area contributed by atoms with Crippen molar-refractivity contribution in [2.45, 2.75) is 72.4 Å². The molecule has 2 aromatic rings. The summed E-state index contributed by atoms with van der Waals surface area (Å²) < 4.78 is 3.45. The Morgan fingerprint density at radius 3 is 2.49 bits per heavy atom. The first-order valence-electron chi connectivity index (χ1n) is 13.2. The van der Waals surface area contributed by atoms with E-state index in [9.17, 15) is 14.4 Å². The normalized spacial score (nSPS) is 15.3. The number of aromatic amines is 1. The number of amides is 1. The Morgan fingerprint density at radius 1 is 1.06 bits per heavy atom. The van der Waals surface area contributed by atoms with Crippen LogP contribution < -0.4 is 16.6 Å². The summed E-state index contributed by atoms with van der Waals surface area (Å²) in [5.41, 5.74) is 0.00819. The molecule has 35 heavy (non-hydrogen) atoms. The van der Waals surface area contributed by atoms with Gasteiger partial charge >= 0.3 is 5.69 Å². The van der Waals surface area contributed by atoms with E-state index in [1.54, 1.807) is 4.57 Å². The second kappa shape index (κ2) is 13.0. The first-order chi connectivity index (χ1) is 16.8. The van der Waals surface area contributed by atoms with Crippen molar-refractivity contribution in [2.75, 3.05) is 46.3 Å². The average Bonchev–Trinajstić information content (AvgIpc) is 3.16. The highest BCUT2D eigenvalue weighted by Crippen LogP contribution is 2.16. The Bertz CT molecular complexity index is 1080. The molecule has 1 aliphatic heterocycles. The van der Waals surface area contributed by atoms with Gasteiger partial charge in [0.05, 0.1) is 0 Å². The molecule has 3 heterocycles. The van der Waals surface area contributed by atoms with Gasteiger partial charge in [-0.3, -0.25) is 19.1 Å². The van der Waals surface area contributed by atoms with Gasteiger partial charge in [0.25, 0.3) is 5.56 Å². The molecule has 10 nitrogen and oxygen atoms in total. The van der Waals surface area contributed by atoms with Crippen LogP contribution in [-0.2, 0) is 24.3 Å². The summed E-state index contributed by atoms with van der Waals surface area (Å²) >= 11 is 0. The van der Waals surface area contributed by atoms with Crippen molar-refractivity contribution >= 4 is 17.1 Å². The van der Waals surface area contributed by atoms with Gasteiger partial charge in [-0.15, -0.1) is 0 Å². The van der Waals surface area contributed by atoms with Gasteiger partial charge in [-0.2, -0.15) is 0 Å². The standard InChI is InChI=1S/C25H43N7O3/c1-5-6-13-31-23-22(24(34)28-25(31)35)32(18-19(2)3)20(27-23)9-10-21(33)26-11-7-8-12-30-16-14-29(4)15-17-30/h19H,5-18H2,1-4H3,(H,26,33)(H,28,34,35). The number of carbonyl (C=O) groups excluding carboxylic acids is 1. The molecule has 0 unspecified atom stereocenters. The Hall–Kier alpha value is -2.46. The molecular formula is C25H43N7O3. The van der Waals surface area contributed by atoms with Crippen molar-refractivity contribution in [3.05, 3.63) is 26.7 Å². The fourth-order valence-corrected chi connectivity index (χ4v) is 4.57. The molecule has 0 atom stereocenters. The number of fused-ring (bicyclic) bond motifs is 1. The second-order valence-corrected chi connectivity index (χ2v) is 10.2. The molecule has 3 rings (SSSR count). The van der Waals surface area contributed by atoms with Crippen LogP contribution in [0.3, 0.4) is 0 Å². The summed E-state index contributed by atoms with van der Waals surface area (Å²) in [6, 6.07) is 0. The number of rotatable bonds is 13. The Kier molecular flexibility index (Phi) is 10.1. The van der Waals surface area contributed by atoms with Gasteiger partial charge in [-0.05, 0) is 38.8 Å². The zero-order chi connectivity index (χ0) is 25.4. The van der Waals surface area contributed by atoms with Crippen LogP contribution >= 0.6 is 0 Å². The van der Waals surface area contributed by atoms with Crippen LogP contribution in [0.1, 0.15) is 58.7 Å². The van der Waals surface area contributed by atoms with Crippen LogP contribution in [0.25, 0.3) is 11.2 Å². The second-order valence-electron chi connectivity index (χ2n) is 10.2. The number of nitrogens with zero attached hydrogens (tertiary/aromatic N) is 5. The summed E-state index contributed by atoms with van der Waals surface area (Å²) in [4.78, 5) is 49.6. The fraction of sp³-hybridized carbons (Fsp3) is 0.760. The minimum absolute atomic E-state index is 0.00923. The smallest absolute Gasteiger partial charge is 0.330 e. The molecule has 1 amide bonds. The number of unbranched alkanes of at least 4 members (excludes halogenated alkanes) is 2. The molecular weight excluding hydrogens is 446 g/mol. The van der Waals surface area contributed by atoms with Crippen LogP contribution in [0, 0.1) is 5.92 Å². The van der Waals surface area contributed by atoms with E-state index in [-0.39, 0.29) is 11.8 Å². The lowest BCUT2D eigenvalue weighted by atomic mass is 10.2. The SMILES string of the molecule is CCCCn1c(=O)[nH]c(=O)c2c1nc(CCC(=O)NCCCCN1CCN(C)CC1)n2CC(C)C. The van der Waals surface area contributed by atoms with Crippen LogP contribution in [0.5, 0.6) is 0 Å². The average molecular weight is 490 g/mol. The lowest BCUT2D eigenvalue weighted by molar-refractivity contribution is -0.121. The molecule has 0 radical (unpaired) electrons. The molecule has 0 aromatic carbocycles. The summed E-state index contributed by atoms with van der Waals surface area (Å²) in [5.74, 6) is 0.959. The van der Waals surface area contributed by atoms with Gasteiger partial charge in [0.1, 0.15) is 5.82 Å². The highest BCUT2D eigenvalue weighted by molar-refractivity contribution is 5.76. The number of nitrogens with one attached hydrogen (secondary N) is 2. The Morgan fingerprint density at radius 2 is 1.80 bits per heavy atom. The zero-order valence-corrected chi connectivity index (χ0v) is 21.9. The fourth-order valence-electron chi connectivity index (χ4n) is 4.57. The first-order valence-corrected chi connectivity index (χ1v) is 13.2.